The summed E-state index contributed by atoms with van der Waals surface area (Å²) in [6.07, 6.45) is -0.495. The van der Waals surface area contributed by atoms with Gasteiger partial charge in [-0.2, -0.15) is 5.10 Å². The van der Waals surface area contributed by atoms with Gasteiger partial charge in [-0.05, 0) is 42.8 Å². The van der Waals surface area contributed by atoms with Crippen LogP contribution >= 0.6 is 22.1 Å². The van der Waals surface area contributed by atoms with Gasteiger partial charge in [0.1, 0.15) is 21.9 Å². The molecule has 0 fully saturated rings. The van der Waals surface area contributed by atoms with Gasteiger partial charge in [0.05, 0.1) is 10.6 Å². The number of nitrogens with one attached hydrogen (secondary N) is 1. The fraction of sp³-hybridized carbons (Fsp3) is 0.304. The summed E-state index contributed by atoms with van der Waals surface area (Å²) in [5.41, 5.74) is -0.463. The Morgan fingerprint density at radius 3 is 2.64 bits per heavy atom. The van der Waals surface area contributed by atoms with Crippen LogP contribution in [0.5, 0.6) is 11.5 Å². The third kappa shape index (κ3) is 5.09. The standard InChI is InChI=1S/C23H26N4O7S2/c1-12(2)8-9-27-22(29)18(20(28)19(25-27)16-5-4-10-35-16)21-24-15-7-6-14(34-13(3)23(30)31)11-17(15)36(32,33)26-21/h4-7,10-13,28,32-33H,8-9H2,1-3H3,(H,24,26)(H,30,31). The number of fused-ring (bicyclic) bond motifs is 1. The highest BCUT2D eigenvalue weighted by molar-refractivity contribution is 8.23. The molecule has 1 aromatic carbocycles. The molecular weight excluding hydrogens is 508 g/mol. The van der Waals surface area contributed by atoms with Crippen LogP contribution in [0.4, 0.5) is 5.69 Å². The summed E-state index contributed by atoms with van der Waals surface area (Å²) < 4.78 is 32.2. The number of thiophene rings is 1. The summed E-state index contributed by atoms with van der Waals surface area (Å²) in [6, 6.07) is 7.73. The average molecular weight is 535 g/mol. The van der Waals surface area contributed by atoms with E-state index in [4.69, 9.17) is 9.84 Å². The van der Waals surface area contributed by atoms with Crippen molar-refractivity contribution >= 4 is 39.6 Å². The number of aromatic nitrogens is 2. The zero-order valence-corrected chi connectivity index (χ0v) is 21.3. The normalized spacial score (nSPS) is 16.0. The van der Waals surface area contributed by atoms with Crippen LogP contribution in [-0.4, -0.2) is 47.0 Å². The Labute approximate surface area is 212 Å². The third-order valence-electron chi connectivity index (χ3n) is 5.42. The smallest absolute Gasteiger partial charge is 0.344 e. The number of hydrogen-bond donors (Lipinski definition) is 5. The predicted molar refractivity (Wildman–Crippen MR) is 138 cm³/mol. The number of anilines is 1. The molecule has 0 aliphatic carbocycles. The molecule has 192 valence electrons. The molecule has 1 unspecified atom stereocenters. The zero-order chi connectivity index (χ0) is 26.2. The Kier molecular flexibility index (Phi) is 7.09. The number of hydrogen-bond acceptors (Lipinski definition) is 10. The number of aliphatic carboxylic acids is 1. The first-order chi connectivity index (χ1) is 17.0. The second-order valence-electron chi connectivity index (χ2n) is 8.60. The number of carboxylic acid groups (broad SMARTS) is 1. The molecule has 3 aromatic rings. The molecule has 0 bridgehead atoms. The van der Waals surface area contributed by atoms with E-state index < -0.39 is 34.2 Å². The minimum atomic E-state index is -3.84. The molecule has 3 heterocycles. The summed E-state index contributed by atoms with van der Waals surface area (Å²) in [5, 5.41) is 29.2. The molecule has 0 saturated heterocycles. The van der Waals surface area contributed by atoms with E-state index in [1.165, 1.54) is 41.1 Å². The van der Waals surface area contributed by atoms with Crippen LogP contribution in [0.2, 0.25) is 0 Å². The van der Waals surface area contributed by atoms with Crippen LogP contribution in [0.3, 0.4) is 0 Å². The lowest BCUT2D eigenvalue weighted by Gasteiger charge is -2.34. The van der Waals surface area contributed by atoms with E-state index in [2.05, 4.69) is 14.8 Å². The highest BCUT2D eigenvalue weighted by Crippen LogP contribution is 2.56. The lowest BCUT2D eigenvalue weighted by atomic mass is 10.1. The Bertz CT molecular complexity index is 1380. The van der Waals surface area contributed by atoms with Gasteiger partial charge < -0.3 is 20.3 Å². The molecule has 0 amide bonds. The van der Waals surface area contributed by atoms with Crippen molar-refractivity contribution in [1.82, 2.24) is 9.78 Å². The number of nitrogens with zero attached hydrogens (tertiary/aromatic N) is 3. The van der Waals surface area contributed by atoms with E-state index in [1.807, 2.05) is 19.2 Å². The van der Waals surface area contributed by atoms with Crippen LogP contribution in [0.25, 0.3) is 10.6 Å². The van der Waals surface area contributed by atoms with Gasteiger partial charge in [0.25, 0.3) is 5.56 Å². The van der Waals surface area contributed by atoms with Gasteiger partial charge >= 0.3 is 5.97 Å². The second-order valence-corrected chi connectivity index (χ2v) is 11.2. The highest BCUT2D eigenvalue weighted by atomic mass is 32.3. The first-order valence-electron chi connectivity index (χ1n) is 11.0. The summed E-state index contributed by atoms with van der Waals surface area (Å²) >= 11 is 1.33. The maximum atomic E-state index is 13.4. The van der Waals surface area contributed by atoms with Gasteiger partial charge in [0.15, 0.2) is 17.7 Å². The molecule has 0 saturated carbocycles. The van der Waals surface area contributed by atoms with Gasteiger partial charge in [-0.15, -0.1) is 15.7 Å². The van der Waals surface area contributed by atoms with Crippen molar-refractivity contribution < 1.29 is 28.8 Å². The first-order valence-corrected chi connectivity index (χ1v) is 13.4. The molecule has 1 aliphatic heterocycles. The monoisotopic (exact) mass is 534 g/mol. The molecule has 0 radical (unpaired) electrons. The Morgan fingerprint density at radius 2 is 2.00 bits per heavy atom. The molecule has 11 nitrogen and oxygen atoms in total. The van der Waals surface area contributed by atoms with Crippen molar-refractivity contribution in [1.29, 1.82) is 0 Å². The Morgan fingerprint density at radius 1 is 1.25 bits per heavy atom. The van der Waals surface area contributed by atoms with Gasteiger partial charge in [0.2, 0.25) is 0 Å². The number of carbonyl (C=O) groups is 1. The van der Waals surface area contributed by atoms with E-state index in [9.17, 15) is 23.8 Å². The lowest BCUT2D eigenvalue weighted by molar-refractivity contribution is -0.144. The summed E-state index contributed by atoms with van der Waals surface area (Å²) in [5.74, 6) is -1.42. The van der Waals surface area contributed by atoms with Crippen molar-refractivity contribution in [2.45, 2.75) is 44.7 Å². The Hall–Kier alpha value is -3.39. The maximum Gasteiger partial charge on any atom is 0.344 e. The number of aromatic hydroxyl groups is 1. The minimum Gasteiger partial charge on any atom is -0.505 e. The van der Waals surface area contributed by atoms with E-state index in [0.29, 0.717) is 23.8 Å². The fourth-order valence-corrected chi connectivity index (χ4v) is 5.37. The van der Waals surface area contributed by atoms with Crippen molar-refractivity contribution in [3.8, 4) is 22.1 Å². The van der Waals surface area contributed by atoms with Gasteiger partial charge in [0, 0.05) is 12.6 Å². The van der Waals surface area contributed by atoms with Crippen molar-refractivity contribution in [3.05, 3.63) is 51.6 Å². The number of amidine groups is 1. The van der Waals surface area contributed by atoms with Gasteiger partial charge in [-0.3, -0.25) is 13.9 Å². The van der Waals surface area contributed by atoms with Crippen LogP contribution < -0.4 is 15.6 Å². The quantitative estimate of drug-likeness (QED) is 0.280. The summed E-state index contributed by atoms with van der Waals surface area (Å²) in [4.78, 5) is 25.1. The topological polar surface area (TPSA) is 166 Å². The molecule has 0 spiro atoms. The van der Waals surface area contributed by atoms with Crippen molar-refractivity contribution in [2.24, 2.45) is 10.3 Å². The van der Waals surface area contributed by atoms with Crippen LogP contribution in [0, 0.1) is 5.92 Å². The molecule has 4 rings (SSSR count). The van der Waals surface area contributed by atoms with Gasteiger partial charge in [-0.25, -0.2) is 9.48 Å². The van der Waals surface area contributed by atoms with E-state index in [1.54, 1.807) is 12.1 Å². The van der Waals surface area contributed by atoms with E-state index in [0.717, 1.165) is 0 Å². The Balaban J connectivity index is 1.81. The largest absolute Gasteiger partial charge is 0.505 e. The predicted octanol–water partition coefficient (Wildman–Crippen LogP) is 4.47. The molecular formula is C23H26N4O7S2. The molecule has 1 atom stereocenters. The molecule has 1 aliphatic rings. The van der Waals surface area contributed by atoms with Crippen LogP contribution in [0.1, 0.15) is 32.8 Å². The van der Waals surface area contributed by atoms with Crippen LogP contribution in [-0.2, 0) is 11.3 Å². The van der Waals surface area contributed by atoms with Gasteiger partial charge in [-0.1, -0.05) is 30.7 Å². The lowest BCUT2D eigenvalue weighted by Crippen LogP contribution is -2.34. The number of ether oxygens (including phenoxy) is 1. The van der Waals surface area contributed by atoms with Crippen molar-refractivity contribution in [3.63, 3.8) is 0 Å². The van der Waals surface area contributed by atoms with E-state index >= 15 is 0 Å². The second kappa shape index (κ2) is 9.93. The number of aryl methyl sites for hydroxylation is 1. The molecule has 2 aromatic heterocycles. The fourth-order valence-electron chi connectivity index (χ4n) is 3.48. The summed E-state index contributed by atoms with van der Waals surface area (Å²) in [7, 11) is -3.84. The number of rotatable bonds is 8. The SMILES string of the molecule is CC(C)CCn1nc(-c2cccs2)c(O)c(C2=NS(O)(O)c3cc(OC(C)C(=O)O)ccc3N2)c1=O. The average Bonchev–Trinajstić information content (AvgIpc) is 3.33. The third-order valence-corrected chi connectivity index (χ3v) is 7.66. The molecule has 36 heavy (non-hydrogen) atoms. The molecule has 5 N–H and O–H groups in total. The van der Waals surface area contributed by atoms with E-state index in [-0.39, 0.29) is 33.4 Å². The zero-order valence-electron chi connectivity index (χ0n) is 19.7. The minimum absolute atomic E-state index is 0.0338. The summed E-state index contributed by atoms with van der Waals surface area (Å²) in [6.45, 7) is 5.67. The van der Waals surface area contributed by atoms with Crippen LogP contribution in [0.15, 0.2) is 49.8 Å². The first kappa shape index (κ1) is 25.7. The van der Waals surface area contributed by atoms with Crippen molar-refractivity contribution in [2.75, 3.05) is 5.32 Å². The maximum absolute atomic E-state index is 13.4. The number of carboxylic acids is 1. The highest BCUT2D eigenvalue weighted by Gasteiger charge is 2.32. The number of benzene rings is 1. The molecule has 13 heteroatoms.